The van der Waals surface area contributed by atoms with Crippen LogP contribution in [0, 0.1) is 11.8 Å². The lowest BCUT2D eigenvalue weighted by Crippen LogP contribution is -2.33. The maximum Gasteiger partial charge on any atom is 0.314 e. The molecule has 1 aromatic rings. The van der Waals surface area contributed by atoms with Gasteiger partial charge in [-0.2, -0.15) is 0 Å². The Labute approximate surface area is 110 Å². The molecule has 0 radical (unpaired) electrons. The maximum atomic E-state index is 12.4. The van der Waals surface area contributed by atoms with E-state index >= 15 is 0 Å². The van der Waals surface area contributed by atoms with Crippen molar-refractivity contribution < 1.29 is 14.3 Å². The van der Waals surface area contributed by atoms with Gasteiger partial charge in [-0.15, -0.1) is 11.3 Å². The van der Waals surface area contributed by atoms with Gasteiger partial charge >= 0.3 is 5.97 Å². The van der Waals surface area contributed by atoms with Crippen molar-refractivity contribution >= 4 is 23.1 Å². The van der Waals surface area contributed by atoms with Gasteiger partial charge in [0.05, 0.1) is 17.1 Å². The second-order valence-corrected chi connectivity index (χ2v) is 5.39. The number of esters is 1. The van der Waals surface area contributed by atoms with E-state index < -0.39 is 0 Å². The molecule has 1 aliphatic rings. The summed E-state index contributed by atoms with van der Waals surface area (Å²) in [4.78, 5) is 24.9. The molecule has 1 heterocycles. The Morgan fingerprint density at radius 1 is 1.33 bits per heavy atom. The van der Waals surface area contributed by atoms with Gasteiger partial charge in [-0.3, -0.25) is 9.59 Å². The third-order valence-corrected chi connectivity index (χ3v) is 4.25. The molecule has 18 heavy (non-hydrogen) atoms. The van der Waals surface area contributed by atoms with E-state index in [4.69, 9.17) is 4.74 Å². The summed E-state index contributed by atoms with van der Waals surface area (Å²) in [5.74, 6) is -0.786. The monoisotopic (exact) mass is 264 g/mol. The lowest BCUT2D eigenvalue weighted by atomic mass is 9.76. The van der Waals surface area contributed by atoms with Crippen LogP contribution in [0.1, 0.15) is 35.4 Å². The molecule has 0 aliphatic heterocycles. The molecule has 0 saturated heterocycles. The Bertz CT molecular complexity index is 436. The van der Waals surface area contributed by atoms with Crippen molar-refractivity contribution in [2.75, 3.05) is 0 Å². The van der Waals surface area contributed by atoms with Crippen molar-refractivity contribution in [2.45, 2.75) is 25.7 Å². The molecule has 0 amide bonds. The molecule has 0 unspecified atom stereocenters. The molecule has 0 N–H and O–H groups in total. The van der Waals surface area contributed by atoms with E-state index in [0.717, 1.165) is 36.8 Å². The number of ketones is 1. The molecule has 0 bridgehead atoms. The highest BCUT2D eigenvalue weighted by atomic mass is 32.1. The zero-order chi connectivity index (χ0) is 13.0. The summed E-state index contributed by atoms with van der Waals surface area (Å²) < 4.78 is 4.86. The van der Waals surface area contributed by atoms with Gasteiger partial charge in [0.1, 0.15) is 0 Å². The number of carbonyl (C=O) groups is 2. The summed E-state index contributed by atoms with van der Waals surface area (Å²) in [6, 6.07) is 3.68. The van der Waals surface area contributed by atoms with Crippen LogP contribution >= 0.6 is 11.3 Å². The molecule has 96 valence electrons. The third-order valence-electron chi connectivity index (χ3n) is 3.37. The molecule has 1 aromatic heterocycles. The highest BCUT2D eigenvalue weighted by Gasteiger charge is 2.37. The molecule has 0 spiro atoms. The Hall–Kier alpha value is -1.42. The number of hydrogen-bond donors (Lipinski definition) is 0. The molecule has 1 saturated carbocycles. The maximum absolute atomic E-state index is 12.4. The molecule has 2 rings (SSSR count). The van der Waals surface area contributed by atoms with Crippen molar-refractivity contribution in [3.63, 3.8) is 0 Å². The first-order valence-corrected chi connectivity index (χ1v) is 7.01. The molecule has 3 nitrogen and oxygen atoms in total. The molecule has 4 heteroatoms. The van der Waals surface area contributed by atoms with Gasteiger partial charge in [-0.1, -0.05) is 25.5 Å². The summed E-state index contributed by atoms with van der Waals surface area (Å²) in [6.07, 6.45) is 4.62. The fourth-order valence-electron chi connectivity index (χ4n) is 2.50. The van der Waals surface area contributed by atoms with Crippen LogP contribution in [0.2, 0.25) is 0 Å². The minimum atomic E-state index is -0.320. The minimum Gasteiger partial charge on any atom is -0.435 e. The van der Waals surface area contributed by atoms with Crippen LogP contribution in [0.15, 0.2) is 30.4 Å². The van der Waals surface area contributed by atoms with E-state index in [2.05, 4.69) is 6.58 Å². The van der Waals surface area contributed by atoms with E-state index in [1.807, 2.05) is 17.5 Å². The Morgan fingerprint density at radius 2 is 2.06 bits per heavy atom. The van der Waals surface area contributed by atoms with Crippen LogP contribution in [-0.2, 0) is 9.53 Å². The van der Waals surface area contributed by atoms with Crippen molar-refractivity contribution in [1.29, 1.82) is 0 Å². The molecular weight excluding hydrogens is 248 g/mol. The largest absolute Gasteiger partial charge is 0.435 e. The minimum absolute atomic E-state index is 0.0794. The zero-order valence-corrected chi connectivity index (χ0v) is 10.9. The topological polar surface area (TPSA) is 43.4 Å². The average molecular weight is 264 g/mol. The van der Waals surface area contributed by atoms with E-state index in [0.29, 0.717) is 0 Å². The van der Waals surface area contributed by atoms with Crippen molar-refractivity contribution in [2.24, 2.45) is 11.8 Å². The predicted molar refractivity (Wildman–Crippen MR) is 70.4 cm³/mol. The normalized spacial score (nSPS) is 23.3. The highest BCUT2D eigenvalue weighted by molar-refractivity contribution is 7.12. The van der Waals surface area contributed by atoms with Gasteiger partial charge in [0.15, 0.2) is 5.78 Å². The summed E-state index contributed by atoms with van der Waals surface area (Å²) in [5.41, 5.74) is 0. The number of rotatable bonds is 4. The molecule has 0 aromatic carbocycles. The van der Waals surface area contributed by atoms with Crippen LogP contribution in [0.3, 0.4) is 0 Å². The Kier molecular flexibility index (Phi) is 4.31. The van der Waals surface area contributed by atoms with E-state index in [-0.39, 0.29) is 23.6 Å². The smallest absolute Gasteiger partial charge is 0.314 e. The van der Waals surface area contributed by atoms with Crippen molar-refractivity contribution in [1.82, 2.24) is 0 Å². The first kappa shape index (κ1) is 13.0. The van der Waals surface area contributed by atoms with Crippen LogP contribution in [-0.4, -0.2) is 11.8 Å². The average Bonchev–Trinajstić information content (AvgIpc) is 2.92. The summed E-state index contributed by atoms with van der Waals surface area (Å²) in [6.45, 7) is 3.39. The fourth-order valence-corrected chi connectivity index (χ4v) is 3.23. The molecule has 2 atom stereocenters. The summed E-state index contributed by atoms with van der Waals surface area (Å²) >= 11 is 1.43. The van der Waals surface area contributed by atoms with Crippen LogP contribution < -0.4 is 0 Å². The quantitative estimate of drug-likeness (QED) is 0.475. The lowest BCUT2D eigenvalue weighted by Gasteiger charge is -2.27. The fraction of sp³-hybridized carbons (Fsp3) is 0.429. The van der Waals surface area contributed by atoms with Gasteiger partial charge in [0.2, 0.25) is 0 Å². The first-order chi connectivity index (χ1) is 8.74. The molecule has 1 aliphatic carbocycles. The van der Waals surface area contributed by atoms with Gasteiger partial charge < -0.3 is 4.74 Å². The van der Waals surface area contributed by atoms with Gasteiger partial charge in [-0.25, -0.2) is 0 Å². The molecule has 1 fully saturated rings. The van der Waals surface area contributed by atoms with Crippen molar-refractivity contribution in [3.05, 3.63) is 35.2 Å². The van der Waals surface area contributed by atoms with Gasteiger partial charge in [-0.05, 0) is 24.3 Å². The summed E-state index contributed by atoms with van der Waals surface area (Å²) in [7, 11) is 0. The highest BCUT2D eigenvalue weighted by Crippen LogP contribution is 2.34. The predicted octanol–water partition coefficient (Wildman–Crippen LogP) is 3.42. The number of hydrogen-bond acceptors (Lipinski definition) is 4. The standard InChI is InChI=1S/C14H16O3S/c1-2-17-14(16)11-7-4-3-6-10(11)13(15)12-8-5-9-18-12/h2,5,8-11H,1,3-4,6-7H2/t10-,11-/m1/s1. The SMILES string of the molecule is C=COC(=O)[C@@H]1CCCC[C@H]1C(=O)c1cccs1. The lowest BCUT2D eigenvalue weighted by molar-refractivity contribution is -0.145. The third kappa shape index (κ3) is 2.70. The number of Topliss-reactive ketones (excluding diaryl/α,β-unsaturated/α-hetero) is 1. The summed E-state index contributed by atoms with van der Waals surface area (Å²) in [5, 5.41) is 1.88. The Morgan fingerprint density at radius 3 is 2.67 bits per heavy atom. The number of carbonyl (C=O) groups excluding carboxylic acids is 2. The number of ether oxygens (including phenoxy) is 1. The van der Waals surface area contributed by atoms with Crippen LogP contribution in [0.5, 0.6) is 0 Å². The second kappa shape index (κ2) is 5.96. The van der Waals surface area contributed by atoms with E-state index in [1.165, 1.54) is 11.3 Å². The second-order valence-electron chi connectivity index (χ2n) is 4.44. The van der Waals surface area contributed by atoms with Gasteiger partial charge in [0, 0.05) is 5.92 Å². The van der Waals surface area contributed by atoms with E-state index in [1.54, 1.807) is 0 Å². The zero-order valence-electron chi connectivity index (χ0n) is 10.1. The van der Waals surface area contributed by atoms with Crippen LogP contribution in [0.4, 0.5) is 0 Å². The molecular formula is C14H16O3S. The van der Waals surface area contributed by atoms with Gasteiger partial charge in [0.25, 0.3) is 0 Å². The Balaban J connectivity index is 2.15. The van der Waals surface area contributed by atoms with Crippen molar-refractivity contribution in [3.8, 4) is 0 Å². The number of thiophene rings is 1. The first-order valence-electron chi connectivity index (χ1n) is 6.13. The van der Waals surface area contributed by atoms with Crippen LogP contribution in [0.25, 0.3) is 0 Å². The van der Waals surface area contributed by atoms with E-state index in [9.17, 15) is 9.59 Å².